The van der Waals surface area contributed by atoms with Gasteiger partial charge in [0, 0.05) is 32.7 Å². The van der Waals surface area contributed by atoms with Gasteiger partial charge >= 0.3 is 6.03 Å². The third-order valence-electron chi connectivity index (χ3n) is 2.96. The largest absolute Gasteiger partial charge is 0.338 e. The Morgan fingerprint density at radius 2 is 1.71 bits per heavy atom. The quantitative estimate of drug-likeness (QED) is 0.706. The van der Waals surface area contributed by atoms with E-state index in [2.05, 4.69) is 5.32 Å². The third-order valence-corrected chi connectivity index (χ3v) is 2.96. The summed E-state index contributed by atoms with van der Waals surface area (Å²) in [6, 6.07) is -0.467. The number of urea groups is 1. The lowest BCUT2D eigenvalue weighted by molar-refractivity contribution is -0.134. The van der Waals surface area contributed by atoms with Crippen molar-refractivity contribution in [3.05, 3.63) is 0 Å². The molecular formula is C11H22N4O2. The summed E-state index contributed by atoms with van der Waals surface area (Å²) >= 11 is 0. The second kappa shape index (κ2) is 6.44. The summed E-state index contributed by atoms with van der Waals surface area (Å²) in [6.07, 6.45) is 0.648. The molecule has 6 heteroatoms. The maximum Gasteiger partial charge on any atom is 0.317 e. The van der Waals surface area contributed by atoms with Gasteiger partial charge in [-0.05, 0) is 13.3 Å². The molecule has 17 heavy (non-hydrogen) atoms. The molecular weight excluding hydrogens is 220 g/mol. The molecule has 1 atom stereocenters. The first-order chi connectivity index (χ1) is 8.10. The predicted octanol–water partition coefficient (Wildman–Crippen LogP) is -0.403. The van der Waals surface area contributed by atoms with Gasteiger partial charge < -0.3 is 20.9 Å². The number of carbonyl (C=O) groups is 2. The number of hydrogen-bond donors (Lipinski definition) is 2. The number of hydrogen-bond acceptors (Lipinski definition) is 3. The Hall–Kier alpha value is -1.30. The molecule has 1 aliphatic heterocycles. The molecule has 3 amide bonds. The van der Waals surface area contributed by atoms with Gasteiger partial charge in [-0.15, -0.1) is 0 Å². The van der Waals surface area contributed by atoms with Gasteiger partial charge in [-0.1, -0.05) is 6.92 Å². The van der Waals surface area contributed by atoms with Crippen molar-refractivity contribution in [2.45, 2.75) is 26.3 Å². The van der Waals surface area contributed by atoms with Crippen LogP contribution in [0.5, 0.6) is 0 Å². The van der Waals surface area contributed by atoms with Crippen molar-refractivity contribution in [3.63, 3.8) is 0 Å². The van der Waals surface area contributed by atoms with Crippen molar-refractivity contribution >= 4 is 11.9 Å². The summed E-state index contributed by atoms with van der Waals surface area (Å²) in [5, 5.41) is 2.75. The summed E-state index contributed by atoms with van der Waals surface area (Å²) in [6.45, 7) is 6.71. The van der Waals surface area contributed by atoms with Crippen LogP contribution in [0.1, 0.15) is 20.3 Å². The average Bonchev–Trinajstić information content (AvgIpc) is 2.37. The lowest BCUT2D eigenvalue weighted by Gasteiger charge is -2.35. The minimum atomic E-state index is -0.411. The lowest BCUT2D eigenvalue weighted by atomic mass is 10.2. The molecule has 1 fully saturated rings. The zero-order valence-electron chi connectivity index (χ0n) is 10.6. The fourth-order valence-corrected chi connectivity index (χ4v) is 1.80. The Morgan fingerprint density at radius 3 is 2.18 bits per heavy atom. The smallest absolute Gasteiger partial charge is 0.317 e. The average molecular weight is 242 g/mol. The fourth-order valence-electron chi connectivity index (χ4n) is 1.80. The van der Waals surface area contributed by atoms with E-state index in [0.29, 0.717) is 39.1 Å². The van der Waals surface area contributed by atoms with E-state index in [1.165, 1.54) is 0 Å². The predicted molar refractivity (Wildman–Crippen MR) is 65.5 cm³/mol. The van der Waals surface area contributed by atoms with Crippen molar-refractivity contribution in [2.24, 2.45) is 5.73 Å². The van der Waals surface area contributed by atoms with Crippen LogP contribution in [-0.2, 0) is 4.79 Å². The first-order valence-electron chi connectivity index (χ1n) is 6.17. The van der Waals surface area contributed by atoms with Crippen LogP contribution in [0.15, 0.2) is 0 Å². The molecule has 0 aromatic rings. The van der Waals surface area contributed by atoms with E-state index in [9.17, 15) is 9.59 Å². The van der Waals surface area contributed by atoms with E-state index in [0.717, 1.165) is 0 Å². The summed E-state index contributed by atoms with van der Waals surface area (Å²) in [7, 11) is 0. The SMILES string of the molecule is CCNC(=O)N1CCN(C(=O)C(N)CC)CC1. The number of amides is 3. The number of piperazine rings is 1. The van der Waals surface area contributed by atoms with Crippen LogP contribution < -0.4 is 11.1 Å². The van der Waals surface area contributed by atoms with Crippen LogP contribution in [0.25, 0.3) is 0 Å². The van der Waals surface area contributed by atoms with E-state index >= 15 is 0 Å². The first kappa shape index (κ1) is 13.8. The Labute approximate surface area is 102 Å². The normalized spacial score (nSPS) is 17.8. The van der Waals surface area contributed by atoms with Crippen molar-refractivity contribution < 1.29 is 9.59 Å². The highest BCUT2D eigenvalue weighted by molar-refractivity contribution is 5.82. The number of nitrogens with two attached hydrogens (primary N) is 1. The Balaban J connectivity index is 2.40. The molecule has 0 aromatic heterocycles. The van der Waals surface area contributed by atoms with Gasteiger partial charge in [0.2, 0.25) is 5.91 Å². The summed E-state index contributed by atoms with van der Waals surface area (Å²) < 4.78 is 0. The zero-order chi connectivity index (χ0) is 12.8. The molecule has 1 rings (SSSR count). The maximum atomic E-state index is 11.8. The van der Waals surface area contributed by atoms with Crippen LogP contribution in [0, 0.1) is 0 Å². The first-order valence-corrected chi connectivity index (χ1v) is 6.17. The Bertz CT molecular complexity index is 275. The van der Waals surface area contributed by atoms with Gasteiger partial charge in [0.05, 0.1) is 6.04 Å². The van der Waals surface area contributed by atoms with E-state index < -0.39 is 6.04 Å². The van der Waals surface area contributed by atoms with Crippen LogP contribution in [0.2, 0.25) is 0 Å². The molecule has 6 nitrogen and oxygen atoms in total. The molecule has 0 aliphatic carbocycles. The third kappa shape index (κ3) is 3.59. The molecule has 98 valence electrons. The van der Waals surface area contributed by atoms with Crippen molar-refractivity contribution in [3.8, 4) is 0 Å². The van der Waals surface area contributed by atoms with Crippen LogP contribution >= 0.6 is 0 Å². The summed E-state index contributed by atoms with van der Waals surface area (Å²) in [5.74, 6) is -0.0111. The molecule has 0 aromatic carbocycles. The monoisotopic (exact) mass is 242 g/mol. The summed E-state index contributed by atoms with van der Waals surface area (Å²) in [4.78, 5) is 26.8. The highest BCUT2D eigenvalue weighted by Gasteiger charge is 2.25. The van der Waals surface area contributed by atoms with Crippen LogP contribution in [-0.4, -0.2) is 60.5 Å². The molecule has 1 aliphatic rings. The maximum absolute atomic E-state index is 11.8. The standard InChI is InChI=1S/C11H22N4O2/c1-3-9(12)10(16)14-5-7-15(8-6-14)11(17)13-4-2/h9H,3-8,12H2,1-2H3,(H,13,17). The molecule has 0 bridgehead atoms. The molecule has 1 heterocycles. The Kier molecular flexibility index (Phi) is 5.21. The molecule has 0 radical (unpaired) electrons. The van der Waals surface area contributed by atoms with E-state index in [4.69, 9.17) is 5.73 Å². The van der Waals surface area contributed by atoms with E-state index in [-0.39, 0.29) is 11.9 Å². The van der Waals surface area contributed by atoms with Gasteiger partial charge in [0.15, 0.2) is 0 Å². The fraction of sp³-hybridized carbons (Fsp3) is 0.818. The highest BCUT2D eigenvalue weighted by Crippen LogP contribution is 2.04. The van der Waals surface area contributed by atoms with Gasteiger partial charge in [0.1, 0.15) is 0 Å². The lowest BCUT2D eigenvalue weighted by Crippen LogP contribution is -2.55. The number of carbonyl (C=O) groups excluding carboxylic acids is 2. The second-order valence-corrected chi connectivity index (χ2v) is 4.16. The van der Waals surface area contributed by atoms with Crippen LogP contribution in [0.3, 0.4) is 0 Å². The highest BCUT2D eigenvalue weighted by atomic mass is 16.2. The second-order valence-electron chi connectivity index (χ2n) is 4.16. The number of nitrogens with one attached hydrogen (secondary N) is 1. The number of nitrogens with zero attached hydrogens (tertiary/aromatic N) is 2. The Morgan fingerprint density at radius 1 is 1.18 bits per heavy atom. The van der Waals surface area contributed by atoms with Gasteiger partial charge in [-0.25, -0.2) is 4.79 Å². The molecule has 1 unspecified atom stereocenters. The van der Waals surface area contributed by atoms with E-state index in [1.54, 1.807) is 9.80 Å². The molecule has 3 N–H and O–H groups in total. The molecule has 1 saturated heterocycles. The zero-order valence-corrected chi connectivity index (χ0v) is 10.6. The molecule has 0 spiro atoms. The van der Waals surface area contributed by atoms with Gasteiger partial charge in [-0.2, -0.15) is 0 Å². The van der Waals surface area contributed by atoms with Gasteiger partial charge in [0.25, 0.3) is 0 Å². The minimum Gasteiger partial charge on any atom is -0.338 e. The van der Waals surface area contributed by atoms with E-state index in [1.807, 2.05) is 13.8 Å². The van der Waals surface area contributed by atoms with Gasteiger partial charge in [-0.3, -0.25) is 4.79 Å². The number of rotatable bonds is 3. The van der Waals surface area contributed by atoms with Crippen molar-refractivity contribution in [1.82, 2.24) is 15.1 Å². The molecule has 0 saturated carbocycles. The van der Waals surface area contributed by atoms with Crippen molar-refractivity contribution in [2.75, 3.05) is 32.7 Å². The summed E-state index contributed by atoms with van der Waals surface area (Å²) in [5.41, 5.74) is 5.71. The topological polar surface area (TPSA) is 78.7 Å². The van der Waals surface area contributed by atoms with Crippen LogP contribution in [0.4, 0.5) is 4.79 Å². The minimum absolute atomic E-state index is 0.0111. The van der Waals surface area contributed by atoms with Crippen molar-refractivity contribution in [1.29, 1.82) is 0 Å².